The molecule has 1 saturated heterocycles. The molecule has 6 heteroatoms. The van der Waals surface area contributed by atoms with Gasteiger partial charge in [-0.2, -0.15) is 0 Å². The minimum Gasteiger partial charge on any atom is -0.449 e. The molecule has 0 bridgehead atoms. The Kier molecular flexibility index (Phi) is 5.01. The summed E-state index contributed by atoms with van der Waals surface area (Å²) in [5.74, 6) is -0.681. The van der Waals surface area contributed by atoms with Gasteiger partial charge in [0.1, 0.15) is 0 Å². The van der Waals surface area contributed by atoms with Crippen LogP contribution >= 0.6 is 0 Å². The van der Waals surface area contributed by atoms with Crippen molar-refractivity contribution in [2.75, 3.05) is 13.1 Å². The van der Waals surface area contributed by atoms with Crippen LogP contribution in [0.5, 0.6) is 0 Å². The number of hydrogen-bond acceptors (Lipinski definition) is 1. The molecule has 3 unspecified atom stereocenters. The zero-order chi connectivity index (χ0) is 9.47. The maximum Gasteiger partial charge on any atom is 1.00 e. The van der Waals surface area contributed by atoms with E-state index in [9.17, 15) is 12.9 Å². The van der Waals surface area contributed by atoms with Crippen LogP contribution in [-0.4, -0.2) is 20.1 Å². The van der Waals surface area contributed by atoms with Crippen molar-refractivity contribution < 1.29 is 64.3 Å². The van der Waals surface area contributed by atoms with Crippen LogP contribution in [-0.2, 0) is 0 Å². The normalized spacial score (nSPS) is 37.5. The van der Waals surface area contributed by atoms with Crippen LogP contribution < -0.4 is 56.7 Å². The summed E-state index contributed by atoms with van der Waals surface area (Å²) in [6.07, 6.45) is 2.43. The van der Waals surface area contributed by atoms with Gasteiger partial charge in [-0.25, -0.2) is 0 Å². The van der Waals surface area contributed by atoms with Crippen molar-refractivity contribution in [3.05, 3.63) is 0 Å². The Labute approximate surface area is 125 Å². The van der Waals surface area contributed by atoms with Crippen molar-refractivity contribution in [3.8, 4) is 0 Å². The van der Waals surface area contributed by atoms with Crippen molar-refractivity contribution >= 4 is 6.98 Å². The molecule has 3 atom stereocenters. The molecule has 0 amide bonds. The van der Waals surface area contributed by atoms with Crippen LogP contribution in [0.2, 0.25) is 5.82 Å². The first-order valence-corrected chi connectivity index (χ1v) is 4.99. The zero-order valence-corrected chi connectivity index (χ0v) is 11.6. The smallest absolute Gasteiger partial charge is 0.449 e. The average molecular weight is 231 g/mol. The first-order valence-electron chi connectivity index (χ1n) is 4.99. The number of hydrogen-bond donors (Lipinski definition) is 1. The minimum absolute atomic E-state index is 0. The van der Waals surface area contributed by atoms with E-state index in [2.05, 4.69) is 5.32 Å². The number of halogens is 3. The molecule has 2 fully saturated rings. The summed E-state index contributed by atoms with van der Waals surface area (Å²) < 4.78 is 36.9. The van der Waals surface area contributed by atoms with E-state index in [1.165, 1.54) is 0 Å². The molecule has 0 radical (unpaired) electrons. The molecule has 2 rings (SSSR count). The molecule has 1 aliphatic heterocycles. The van der Waals surface area contributed by atoms with Crippen LogP contribution in [0.4, 0.5) is 12.9 Å². The van der Waals surface area contributed by atoms with Gasteiger partial charge in [-0.15, -0.1) is 0 Å². The van der Waals surface area contributed by atoms with Crippen LogP contribution in [0.1, 0.15) is 19.3 Å². The van der Waals surface area contributed by atoms with E-state index in [0.717, 1.165) is 25.9 Å². The molecule has 0 spiro atoms. The van der Waals surface area contributed by atoms with Crippen molar-refractivity contribution in [1.29, 1.82) is 0 Å². The molecular weight excluding hydrogens is 217 g/mol. The Balaban J connectivity index is 0.000000980. The molecule has 1 saturated carbocycles. The SMILES string of the molecule is F[B-](F)(F)C1CC1C1CCCNC1.[K+]. The monoisotopic (exact) mass is 231 g/mol. The Morgan fingerprint density at radius 2 is 1.93 bits per heavy atom. The summed E-state index contributed by atoms with van der Waals surface area (Å²) in [5.41, 5.74) is 0. The third-order valence-corrected chi connectivity index (χ3v) is 3.32. The second kappa shape index (κ2) is 5.19. The van der Waals surface area contributed by atoms with E-state index >= 15 is 0 Å². The topological polar surface area (TPSA) is 12.0 Å². The first-order chi connectivity index (χ1) is 6.09. The minimum atomic E-state index is -4.55. The average Bonchev–Trinajstić information content (AvgIpc) is 2.83. The molecule has 0 aromatic rings. The second-order valence-electron chi connectivity index (χ2n) is 4.30. The van der Waals surface area contributed by atoms with Crippen LogP contribution in [0, 0.1) is 11.8 Å². The van der Waals surface area contributed by atoms with Gasteiger partial charge in [0.05, 0.1) is 0 Å². The van der Waals surface area contributed by atoms with Gasteiger partial charge in [0.15, 0.2) is 0 Å². The summed E-state index contributed by atoms with van der Waals surface area (Å²) in [7, 11) is 0. The van der Waals surface area contributed by atoms with Gasteiger partial charge in [0.2, 0.25) is 0 Å². The van der Waals surface area contributed by atoms with Crippen LogP contribution in [0.15, 0.2) is 0 Å². The van der Waals surface area contributed by atoms with Gasteiger partial charge in [-0.3, -0.25) is 0 Å². The van der Waals surface area contributed by atoms with Gasteiger partial charge in [0.25, 0.3) is 0 Å². The maximum absolute atomic E-state index is 12.3. The molecule has 0 aromatic heterocycles. The Hall–Kier alpha value is 1.45. The van der Waals surface area contributed by atoms with E-state index in [1.54, 1.807) is 0 Å². The van der Waals surface area contributed by atoms with Crippen molar-refractivity contribution in [2.45, 2.75) is 25.1 Å². The van der Waals surface area contributed by atoms with E-state index in [1.807, 2.05) is 0 Å². The fraction of sp³-hybridized carbons (Fsp3) is 1.00. The van der Waals surface area contributed by atoms with E-state index in [-0.39, 0.29) is 57.3 Å². The Morgan fingerprint density at radius 1 is 1.21 bits per heavy atom. The molecule has 1 N–H and O–H groups in total. The van der Waals surface area contributed by atoms with E-state index in [4.69, 9.17) is 0 Å². The third kappa shape index (κ3) is 3.22. The van der Waals surface area contributed by atoms with Crippen LogP contribution in [0.3, 0.4) is 0 Å². The summed E-state index contributed by atoms with van der Waals surface area (Å²) >= 11 is 0. The molecule has 1 heterocycles. The molecule has 2 aliphatic rings. The summed E-state index contributed by atoms with van der Waals surface area (Å²) in [4.78, 5) is 0. The molecule has 14 heavy (non-hydrogen) atoms. The maximum atomic E-state index is 12.3. The number of rotatable bonds is 2. The fourth-order valence-corrected chi connectivity index (χ4v) is 2.46. The molecule has 0 aromatic carbocycles. The van der Waals surface area contributed by atoms with Gasteiger partial charge in [-0.05, 0) is 31.8 Å². The van der Waals surface area contributed by atoms with Crippen molar-refractivity contribution in [3.63, 3.8) is 0 Å². The number of piperidine rings is 1. The first kappa shape index (κ1) is 13.5. The molecule has 76 valence electrons. The van der Waals surface area contributed by atoms with Gasteiger partial charge in [-0.1, -0.05) is 18.2 Å². The van der Waals surface area contributed by atoms with E-state index in [0.29, 0.717) is 12.3 Å². The zero-order valence-electron chi connectivity index (χ0n) is 8.48. The Bertz CT molecular complexity index is 194. The van der Waals surface area contributed by atoms with Gasteiger partial charge < -0.3 is 18.3 Å². The quantitative estimate of drug-likeness (QED) is 0.615. The summed E-state index contributed by atoms with van der Waals surface area (Å²) in [6.45, 7) is -2.78. The van der Waals surface area contributed by atoms with Crippen molar-refractivity contribution in [1.82, 2.24) is 5.32 Å². The summed E-state index contributed by atoms with van der Waals surface area (Å²) in [5, 5.41) is 3.17. The van der Waals surface area contributed by atoms with Gasteiger partial charge in [0, 0.05) is 0 Å². The number of nitrogens with one attached hydrogen (secondary N) is 1. The van der Waals surface area contributed by atoms with E-state index < -0.39 is 12.8 Å². The third-order valence-electron chi connectivity index (χ3n) is 3.32. The largest absolute Gasteiger partial charge is 1.00 e. The molecule has 1 aliphatic carbocycles. The Morgan fingerprint density at radius 3 is 2.36 bits per heavy atom. The predicted molar refractivity (Wildman–Crippen MR) is 46.5 cm³/mol. The fourth-order valence-electron chi connectivity index (χ4n) is 2.46. The molecule has 1 nitrogen and oxygen atoms in total. The summed E-state index contributed by atoms with van der Waals surface area (Å²) in [6, 6.07) is 0. The second-order valence-corrected chi connectivity index (χ2v) is 4.30. The van der Waals surface area contributed by atoms with Gasteiger partial charge >= 0.3 is 58.4 Å². The van der Waals surface area contributed by atoms with Crippen molar-refractivity contribution in [2.24, 2.45) is 11.8 Å². The predicted octanol–water partition coefficient (Wildman–Crippen LogP) is -0.772. The molecular formula is C8H14BF3KN. The standard InChI is InChI=1S/C8H14BF3N.K/c10-9(11,12)8-4-7(8)6-2-1-3-13-5-6;/h6-8,13H,1-5H2;/q-1;+1. The van der Waals surface area contributed by atoms with Crippen LogP contribution in [0.25, 0.3) is 0 Å².